The molecule has 3 N–H and O–H groups in total. The Kier molecular flexibility index (Phi) is 4.71. The van der Waals surface area contributed by atoms with E-state index in [9.17, 15) is 9.90 Å². The Balaban J connectivity index is 1.99. The van der Waals surface area contributed by atoms with E-state index in [1.807, 2.05) is 49.4 Å². The van der Waals surface area contributed by atoms with Gasteiger partial charge in [0.05, 0.1) is 0 Å². The van der Waals surface area contributed by atoms with Gasteiger partial charge in [0.15, 0.2) is 0 Å². The summed E-state index contributed by atoms with van der Waals surface area (Å²) in [6, 6.07) is 16.9. The number of anilines is 1. The van der Waals surface area contributed by atoms with Crippen LogP contribution >= 0.6 is 15.9 Å². The molecular formula is C19H17BrN2O2. The Morgan fingerprint density at radius 2 is 1.88 bits per heavy atom. The van der Waals surface area contributed by atoms with Gasteiger partial charge < -0.3 is 15.4 Å². The average molecular weight is 385 g/mol. The molecule has 0 unspecified atom stereocenters. The minimum Gasteiger partial charge on any atom is -0.508 e. The SMILES string of the molecule is Cc1cc(-c2ccccc2)c(NCc2cc(Br)ccc2O)c(=O)[nH]1. The minimum absolute atomic E-state index is 0.177. The van der Waals surface area contributed by atoms with Gasteiger partial charge in [-0.1, -0.05) is 46.3 Å². The highest BCUT2D eigenvalue weighted by atomic mass is 79.9. The van der Waals surface area contributed by atoms with Gasteiger partial charge in [0.1, 0.15) is 11.4 Å². The first-order chi connectivity index (χ1) is 11.5. The second-order valence-electron chi connectivity index (χ2n) is 5.56. The number of aryl methyl sites for hydroxylation is 1. The fourth-order valence-electron chi connectivity index (χ4n) is 2.59. The van der Waals surface area contributed by atoms with E-state index in [2.05, 4.69) is 26.2 Å². The van der Waals surface area contributed by atoms with Gasteiger partial charge >= 0.3 is 0 Å². The number of phenolic OH excluding ortho intramolecular Hbond substituents is 1. The predicted octanol–water partition coefficient (Wildman–Crippen LogP) is 4.43. The van der Waals surface area contributed by atoms with Gasteiger partial charge in [-0.2, -0.15) is 0 Å². The van der Waals surface area contributed by atoms with Gasteiger partial charge in [-0.05, 0) is 36.8 Å². The fourth-order valence-corrected chi connectivity index (χ4v) is 3.00. The van der Waals surface area contributed by atoms with Gasteiger partial charge in [-0.3, -0.25) is 4.79 Å². The lowest BCUT2D eigenvalue weighted by atomic mass is 10.0. The Hall–Kier alpha value is -2.53. The second-order valence-corrected chi connectivity index (χ2v) is 6.48. The molecule has 24 heavy (non-hydrogen) atoms. The molecule has 4 nitrogen and oxygen atoms in total. The molecule has 5 heteroatoms. The first-order valence-electron chi connectivity index (χ1n) is 7.55. The highest BCUT2D eigenvalue weighted by Crippen LogP contribution is 2.27. The summed E-state index contributed by atoms with van der Waals surface area (Å²) < 4.78 is 0.873. The van der Waals surface area contributed by atoms with Crippen molar-refractivity contribution in [3.05, 3.63) is 80.7 Å². The number of hydrogen-bond donors (Lipinski definition) is 3. The molecule has 122 valence electrons. The molecule has 0 spiro atoms. The van der Waals surface area contributed by atoms with Crippen molar-refractivity contribution in [2.45, 2.75) is 13.5 Å². The third-order valence-electron chi connectivity index (χ3n) is 3.75. The average Bonchev–Trinajstić information content (AvgIpc) is 2.57. The Bertz CT molecular complexity index is 920. The molecule has 0 aliphatic heterocycles. The number of rotatable bonds is 4. The third kappa shape index (κ3) is 3.51. The van der Waals surface area contributed by atoms with E-state index in [-0.39, 0.29) is 11.3 Å². The van der Waals surface area contributed by atoms with E-state index < -0.39 is 0 Å². The zero-order valence-corrected chi connectivity index (χ0v) is 14.7. The quantitative estimate of drug-likeness (QED) is 0.623. The molecule has 0 fully saturated rings. The number of phenols is 1. The summed E-state index contributed by atoms with van der Waals surface area (Å²) >= 11 is 3.39. The van der Waals surface area contributed by atoms with E-state index in [0.29, 0.717) is 17.8 Å². The van der Waals surface area contributed by atoms with Crippen molar-refractivity contribution >= 4 is 21.6 Å². The number of hydrogen-bond acceptors (Lipinski definition) is 3. The summed E-state index contributed by atoms with van der Waals surface area (Å²) in [5, 5.41) is 13.1. The van der Waals surface area contributed by atoms with E-state index in [4.69, 9.17) is 0 Å². The van der Waals surface area contributed by atoms with Gasteiger partial charge in [0.2, 0.25) is 0 Å². The largest absolute Gasteiger partial charge is 0.508 e. The van der Waals surface area contributed by atoms with Gasteiger partial charge in [0, 0.05) is 27.8 Å². The monoisotopic (exact) mass is 384 g/mol. The molecule has 3 rings (SSSR count). The molecule has 0 atom stereocenters. The Labute approximate surface area is 148 Å². The Morgan fingerprint density at radius 3 is 2.62 bits per heavy atom. The van der Waals surface area contributed by atoms with Crippen LogP contribution in [-0.2, 0) is 6.54 Å². The molecule has 0 aliphatic carbocycles. The molecule has 0 radical (unpaired) electrons. The third-order valence-corrected chi connectivity index (χ3v) is 4.24. The molecule has 0 amide bonds. The number of aromatic hydroxyl groups is 1. The summed E-state index contributed by atoms with van der Waals surface area (Å²) in [5.74, 6) is 0.190. The maximum atomic E-state index is 12.4. The second kappa shape index (κ2) is 6.93. The molecule has 0 bridgehead atoms. The minimum atomic E-state index is -0.177. The lowest BCUT2D eigenvalue weighted by Crippen LogP contribution is -2.16. The summed E-state index contributed by atoms with van der Waals surface area (Å²) in [6.45, 7) is 2.20. The number of pyridine rings is 1. The molecule has 2 aromatic carbocycles. The number of H-pyrrole nitrogens is 1. The van der Waals surface area contributed by atoms with Crippen LogP contribution in [0, 0.1) is 6.92 Å². The Morgan fingerprint density at radius 1 is 1.12 bits per heavy atom. The number of halogens is 1. The topological polar surface area (TPSA) is 65.1 Å². The van der Waals surface area contributed by atoms with Crippen molar-refractivity contribution in [1.29, 1.82) is 0 Å². The van der Waals surface area contributed by atoms with Gasteiger partial charge in [0.25, 0.3) is 5.56 Å². The summed E-state index contributed by atoms with van der Waals surface area (Å²) in [4.78, 5) is 15.2. The number of aromatic nitrogens is 1. The number of nitrogens with one attached hydrogen (secondary N) is 2. The van der Waals surface area contributed by atoms with Crippen LogP contribution in [0.15, 0.2) is 63.9 Å². The van der Waals surface area contributed by atoms with Crippen LogP contribution in [0.25, 0.3) is 11.1 Å². The fraction of sp³-hybridized carbons (Fsp3) is 0.105. The molecule has 0 saturated heterocycles. The summed E-state index contributed by atoms with van der Waals surface area (Å²) in [5.41, 5.74) is 3.63. The van der Waals surface area contributed by atoms with E-state index in [1.54, 1.807) is 12.1 Å². The summed E-state index contributed by atoms with van der Waals surface area (Å²) in [7, 11) is 0. The van der Waals surface area contributed by atoms with E-state index in [1.165, 1.54) is 0 Å². The standard InChI is InChI=1S/C19H17BrN2O2/c1-12-9-16(13-5-3-2-4-6-13)18(19(24)22-12)21-11-14-10-15(20)7-8-17(14)23/h2-10,21,23H,11H2,1H3,(H,22,24). The molecule has 3 aromatic rings. The molecule has 1 aromatic heterocycles. The van der Waals surface area contributed by atoms with Gasteiger partial charge in [-0.15, -0.1) is 0 Å². The van der Waals surface area contributed by atoms with Crippen molar-refractivity contribution in [2.24, 2.45) is 0 Å². The van der Waals surface area contributed by atoms with Crippen LogP contribution in [0.3, 0.4) is 0 Å². The maximum absolute atomic E-state index is 12.4. The van der Waals surface area contributed by atoms with Gasteiger partial charge in [-0.25, -0.2) is 0 Å². The van der Waals surface area contributed by atoms with Crippen molar-refractivity contribution in [1.82, 2.24) is 4.98 Å². The first kappa shape index (κ1) is 16.3. The lowest BCUT2D eigenvalue weighted by molar-refractivity contribution is 0.469. The van der Waals surface area contributed by atoms with Crippen molar-refractivity contribution < 1.29 is 5.11 Å². The molecule has 0 saturated carbocycles. The van der Waals surface area contributed by atoms with E-state index in [0.717, 1.165) is 21.3 Å². The highest BCUT2D eigenvalue weighted by molar-refractivity contribution is 9.10. The first-order valence-corrected chi connectivity index (χ1v) is 8.34. The van der Waals surface area contributed by atoms with Crippen molar-refractivity contribution in [3.63, 3.8) is 0 Å². The van der Waals surface area contributed by atoms with Crippen LogP contribution in [0.5, 0.6) is 5.75 Å². The van der Waals surface area contributed by atoms with Crippen LogP contribution in [0.2, 0.25) is 0 Å². The smallest absolute Gasteiger partial charge is 0.272 e. The number of aromatic amines is 1. The predicted molar refractivity (Wildman–Crippen MR) is 100 cm³/mol. The zero-order chi connectivity index (χ0) is 17.1. The molecule has 1 heterocycles. The van der Waals surface area contributed by atoms with Crippen LogP contribution < -0.4 is 10.9 Å². The normalized spacial score (nSPS) is 10.6. The van der Waals surface area contributed by atoms with Crippen LogP contribution in [0.4, 0.5) is 5.69 Å². The highest BCUT2D eigenvalue weighted by Gasteiger charge is 2.11. The lowest BCUT2D eigenvalue weighted by Gasteiger charge is -2.13. The zero-order valence-electron chi connectivity index (χ0n) is 13.1. The molecular weight excluding hydrogens is 368 g/mol. The van der Waals surface area contributed by atoms with Crippen molar-refractivity contribution in [3.8, 4) is 16.9 Å². The number of benzene rings is 2. The van der Waals surface area contributed by atoms with Crippen LogP contribution in [0.1, 0.15) is 11.3 Å². The molecule has 0 aliphatic rings. The van der Waals surface area contributed by atoms with Crippen LogP contribution in [-0.4, -0.2) is 10.1 Å². The maximum Gasteiger partial charge on any atom is 0.272 e. The van der Waals surface area contributed by atoms with Crippen molar-refractivity contribution in [2.75, 3.05) is 5.32 Å². The summed E-state index contributed by atoms with van der Waals surface area (Å²) in [6.07, 6.45) is 0. The van der Waals surface area contributed by atoms with E-state index >= 15 is 0 Å².